The van der Waals surface area contributed by atoms with Crippen molar-refractivity contribution in [2.75, 3.05) is 18.4 Å². The second-order valence-electron chi connectivity index (χ2n) is 10.6. The Morgan fingerprint density at radius 1 is 1.00 bits per heavy atom. The molecule has 1 N–H and O–H groups in total. The van der Waals surface area contributed by atoms with E-state index in [0.717, 1.165) is 30.5 Å². The monoisotopic (exact) mass is 460 g/mol. The van der Waals surface area contributed by atoms with Gasteiger partial charge in [0.15, 0.2) is 0 Å². The molecule has 2 aromatic rings. The van der Waals surface area contributed by atoms with Gasteiger partial charge < -0.3 is 5.32 Å². The van der Waals surface area contributed by atoms with E-state index in [0.29, 0.717) is 24.5 Å². The Morgan fingerprint density at radius 3 is 2.19 bits per heavy atom. The van der Waals surface area contributed by atoms with Crippen molar-refractivity contribution in [2.45, 2.75) is 83.6 Å². The standard InChI is InChI=1S/C24H36N4O3S/c1-17-11-12-18(32(30,31)27-13-9-8-10-14-27)15-19(17)22(29)25-21-16-20(23(2,3)4)26-28(21)24(5,6)7/h11-12,15-16H,8-10,13-14H2,1-7H3,(H,25,29). The third-order valence-electron chi connectivity index (χ3n) is 5.76. The van der Waals surface area contributed by atoms with Gasteiger partial charge in [-0.3, -0.25) is 4.79 Å². The molecule has 32 heavy (non-hydrogen) atoms. The fourth-order valence-electron chi connectivity index (χ4n) is 3.79. The van der Waals surface area contributed by atoms with Crippen molar-refractivity contribution in [1.29, 1.82) is 0 Å². The molecule has 8 heteroatoms. The van der Waals surface area contributed by atoms with Crippen molar-refractivity contribution in [3.8, 4) is 0 Å². The lowest BCUT2D eigenvalue weighted by Gasteiger charge is -2.26. The van der Waals surface area contributed by atoms with Crippen LogP contribution < -0.4 is 5.32 Å². The Kier molecular flexibility index (Phi) is 6.60. The first-order valence-electron chi connectivity index (χ1n) is 11.2. The van der Waals surface area contributed by atoms with E-state index >= 15 is 0 Å². The molecule has 1 aromatic heterocycles. The van der Waals surface area contributed by atoms with E-state index in [2.05, 4.69) is 26.1 Å². The summed E-state index contributed by atoms with van der Waals surface area (Å²) in [6, 6.07) is 6.68. The number of hydrogen-bond donors (Lipinski definition) is 1. The number of hydrogen-bond acceptors (Lipinski definition) is 4. The normalized spacial score (nSPS) is 16.2. The number of nitrogens with zero attached hydrogens (tertiary/aromatic N) is 3. The van der Waals surface area contributed by atoms with Crippen molar-refractivity contribution in [1.82, 2.24) is 14.1 Å². The lowest BCUT2D eigenvalue weighted by atomic mass is 9.92. The average Bonchev–Trinajstić information content (AvgIpc) is 3.13. The zero-order valence-corrected chi connectivity index (χ0v) is 21.1. The minimum Gasteiger partial charge on any atom is -0.307 e. The molecule has 1 fully saturated rings. The molecule has 7 nitrogen and oxygen atoms in total. The first kappa shape index (κ1) is 24.5. The summed E-state index contributed by atoms with van der Waals surface area (Å²) in [5, 5.41) is 7.72. The summed E-state index contributed by atoms with van der Waals surface area (Å²) in [5.74, 6) is 0.250. The van der Waals surface area contributed by atoms with Gasteiger partial charge in [-0.15, -0.1) is 0 Å². The topological polar surface area (TPSA) is 84.3 Å². The molecule has 0 bridgehead atoms. The summed E-state index contributed by atoms with van der Waals surface area (Å²) in [5.41, 5.74) is 1.44. The van der Waals surface area contributed by atoms with Crippen LogP contribution in [0.1, 0.15) is 82.4 Å². The predicted molar refractivity (Wildman–Crippen MR) is 128 cm³/mol. The molecule has 0 radical (unpaired) electrons. The fourth-order valence-corrected chi connectivity index (χ4v) is 5.34. The van der Waals surface area contributed by atoms with Gasteiger partial charge in [-0.2, -0.15) is 9.40 Å². The van der Waals surface area contributed by atoms with Gasteiger partial charge in [-0.25, -0.2) is 13.1 Å². The molecule has 3 rings (SSSR count). The Bertz CT molecular complexity index is 1100. The van der Waals surface area contributed by atoms with Gasteiger partial charge in [0.1, 0.15) is 5.82 Å². The van der Waals surface area contributed by atoms with Crippen LogP contribution in [0.15, 0.2) is 29.2 Å². The summed E-state index contributed by atoms with van der Waals surface area (Å²) in [6.07, 6.45) is 2.78. The smallest absolute Gasteiger partial charge is 0.257 e. The quantitative estimate of drug-likeness (QED) is 0.718. The second kappa shape index (κ2) is 8.63. The SMILES string of the molecule is Cc1ccc(S(=O)(=O)N2CCCCC2)cc1C(=O)Nc1cc(C(C)(C)C)nn1C(C)(C)C. The highest BCUT2D eigenvalue weighted by atomic mass is 32.2. The Balaban J connectivity index is 1.95. The van der Waals surface area contributed by atoms with E-state index in [-0.39, 0.29) is 21.8 Å². The van der Waals surface area contributed by atoms with Gasteiger partial charge in [0, 0.05) is 30.1 Å². The van der Waals surface area contributed by atoms with Crippen molar-refractivity contribution in [3.63, 3.8) is 0 Å². The van der Waals surface area contributed by atoms with E-state index < -0.39 is 10.0 Å². The Labute approximate surface area is 192 Å². The van der Waals surface area contributed by atoms with Gasteiger partial charge in [-0.05, 0) is 58.2 Å². The number of rotatable bonds is 4. The molecule has 1 saturated heterocycles. The van der Waals surface area contributed by atoms with Crippen LogP contribution in [-0.2, 0) is 21.0 Å². The maximum atomic E-state index is 13.3. The first-order valence-corrected chi connectivity index (χ1v) is 12.7. The van der Waals surface area contributed by atoms with Crippen molar-refractivity contribution in [3.05, 3.63) is 41.1 Å². The van der Waals surface area contributed by atoms with Gasteiger partial charge >= 0.3 is 0 Å². The first-order chi connectivity index (χ1) is 14.7. The summed E-state index contributed by atoms with van der Waals surface area (Å²) in [6.45, 7) is 15.2. The third-order valence-corrected chi connectivity index (χ3v) is 7.66. The molecule has 0 saturated carbocycles. The van der Waals surface area contributed by atoms with E-state index in [1.165, 1.54) is 10.4 Å². The van der Waals surface area contributed by atoms with Gasteiger partial charge in [0.05, 0.1) is 16.1 Å². The van der Waals surface area contributed by atoms with E-state index in [1.54, 1.807) is 12.1 Å². The van der Waals surface area contributed by atoms with Crippen LogP contribution >= 0.6 is 0 Å². The lowest BCUT2D eigenvalue weighted by Crippen LogP contribution is -2.35. The second-order valence-corrected chi connectivity index (χ2v) is 12.6. The number of nitrogens with one attached hydrogen (secondary N) is 1. The summed E-state index contributed by atoms with van der Waals surface area (Å²) >= 11 is 0. The van der Waals surface area contributed by atoms with Gasteiger partial charge in [0.25, 0.3) is 5.91 Å². The maximum absolute atomic E-state index is 13.3. The Hall–Kier alpha value is -2.19. The van der Waals surface area contributed by atoms with Crippen LogP contribution in [0.2, 0.25) is 0 Å². The average molecular weight is 461 g/mol. The van der Waals surface area contributed by atoms with Crippen molar-refractivity contribution < 1.29 is 13.2 Å². The van der Waals surface area contributed by atoms with Gasteiger partial charge in [-0.1, -0.05) is 33.3 Å². The number of benzene rings is 1. The zero-order valence-electron chi connectivity index (χ0n) is 20.3. The molecule has 1 amide bonds. The molecule has 1 aliphatic rings. The summed E-state index contributed by atoms with van der Waals surface area (Å²) in [7, 11) is -3.62. The minimum absolute atomic E-state index is 0.162. The highest BCUT2D eigenvalue weighted by Gasteiger charge is 2.29. The molecule has 1 aromatic carbocycles. The van der Waals surface area contributed by atoms with Crippen molar-refractivity contribution in [2.24, 2.45) is 0 Å². The molecule has 1 aliphatic heterocycles. The van der Waals surface area contributed by atoms with Crippen LogP contribution in [0.4, 0.5) is 5.82 Å². The molecular formula is C24H36N4O3S. The van der Waals surface area contributed by atoms with Crippen LogP contribution in [0.25, 0.3) is 0 Å². The molecule has 0 unspecified atom stereocenters. The number of anilines is 1. The summed E-state index contributed by atoms with van der Waals surface area (Å²) in [4.78, 5) is 13.4. The number of aromatic nitrogens is 2. The van der Waals surface area contributed by atoms with E-state index in [9.17, 15) is 13.2 Å². The van der Waals surface area contributed by atoms with Crippen LogP contribution in [-0.4, -0.2) is 41.5 Å². The minimum atomic E-state index is -3.62. The molecule has 176 valence electrons. The Morgan fingerprint density at radius 2 is 1.62 bits per heavy atom. The van der Waals surface area contributed by atoms with Crippen LogP contribution in [0.5, 0.6) is 0 Å². The number of carbonyl (C=O) groups is 1. The molecule has 0 spiro atoms. The summed E-state index contributed by atoms with van der Waals surface area (Å²) < 4.78 is 29.6. The fraction of sp³-hybridized carbons (Fsp3) is 0.583. The number of aryl methyl sites for hydroxylation is 1. The van der Waals surface area contributed by atoms with E-state index in [1.807, 2.05) is 38.4 Å². The largest absolute Gasteiger partial charge is 0.307 e. The van der Waals surface area contributed by atoms with Gasteiger partial charge in [0.2, 0.25) is 10.0 Å². The molecular weight excluding hydrogens is 424 g/mol. The highest BCUT2D eigenvalue weighted by molar-refractivity contribution is 7.89. The zero-order chi connectivity index (χ0) is 23.9. The number of amides is 1. The predicted octanol–water partition coefficient (Wildman–Crippen LogP) is 4.67. The number of sulfonamides is 1. The molecule has 0 aliphatic carbocycles. The maximum Gasteiger partial charge on any atom is 0.257 e. The van der Waals surface area contributed by atoms with Crippen LogP contribution in [0.3, 0.4) is 0 Å². The van der Waals surface area contributed by atoms with Crippen molar-refractivity contribution >= 4 is 21.7 Å². The van der Waals surface area contributed by atoms with E-state index in [4.69, 9.17) is 5.10 Å². The third kappa shape index (κ3) is 5.07. The van der Waals surface area contributed by atoms with Crippen LogP contribution in [0, 0.1) is 6.92 Å². The number of carbonyl (C=O) groups excluding carboxylic acids is 1. The lowest BCUT2D eigenvalue weighted by molar-refractivity contribution is 0.102. The molecule has 0 atom stereocenters. The number of piperidine rings is 1. The molecule has 2 heterocycles. The highest BCUT2D eigenvalue weighted by Crippen LogP contribution is 2.29.